The van der Waals surface area contributed by atoms with Gasteiger partial charge in [0.25, 0.3) is 0 Å². The second kappa shape index (κ2) is 7.80. The molecule has 0 aromatic heterocycles. The summed E-state index contributed by atoms with van der Waals surface area (Å²) in [6, 6.07) is 0. The third-order valence-electron chi connectivity index (χ3n) is 1.32. The van der Waals surface area contributed by atoms with Crippen LogP contribution in [0.1, 0.15) is 27.2 Å². The zero-order chi connectivity index (χ0) is 10.1. The van der Waals surface area contributed by atoms with Crippen LogP contribution in [0, 0.1) is 0 Å². The Kier molecular flexibility index (Phi) is 7.30. The topological polar surface area (TPSA) is 35.5 Å². The first-order valence-electron chi connectivity index (χ1n) is 4.61. The molecule has 0 unspecified atom stereocenters. The van der Waals surface area contributed by atoms with Gasteiger partial charge in [-0.15, -0.1) is 0 Å². The van der Waals surface area contributed by atoms with E-state index in [-0.39, 0.29) is 12.1 Å². The molecule has 0 amide bonds. The average molecular weight is 186 g/mol. The van der Waals surface area contributed by atoms with E-state index in [1.807, 2.05) is 13.8 Å². The fourth-order valence-electron chi connectivity index (χ4n) is 0.801. The summed E-state index contributed by atoms with van der Waals surface area (Å²) in [4.78, 5) is 10.9. The second-order valence-corrected chi connectivity index (χ2v) is 2.82. The van der Waals surface area contributed by atoms with Gasteiger partial charge >= 0.3 is 5.97 Å². The molecule has 0 N–H and O–H groups in total. The third-order valence-corrected chi connectivity index (χ3v) is 1.32. The number of carbonyl (C=O) groups excluding carboxylic acids is 1. The van der Waals surface area contributed by atoms with Crippen LogP contribution < -0.4 is 0 Å². The third kappa shape index (κ3) is 7.53. The van der Waals surface area contributed by atoms with Crippen molar-refractivity contribution in [3.8, 4) is 0 Å². The summed E-state index contributed by atoms with van der Waals surface area (Å²) in [5.41, 5.74) is 0. The Hall–Kier alpha value is -0.830. The molecule has 0 fully saturated rings. The van der Waals surface area contributed by atoms with E-state index in [1.54, 1.807) is 13.0 Å². The summed E-state index contributed by atoms with van der Waals surface area (Å²) in [5.74, 6) is -0.310. The Balaban J connectivity index is 3.49. The van der Waals surface area contributed by atoms with Crippen molar-refractivity contribution >= 4 is 5.97 Å². The van der Waals surface area contributed by atoms with Crippen molar-refractivity contribution < 1.29 is 14.3 Å². The molecule has 0 aromatic rings. The molecule has 0 aliphatic rings. The number of esters is 1. The lowest BCUT2D eigenvalue weighted by Gasteiger charge is -2.11. The lowest BCUT2D eigenvalue weighted by atomic mass is 10.4. The first kappa shape index (κ1) is 12.2. The van der Waals surface area contributed by atoms with Crippen LogP contribution in [0.2, 0.25) is 0 Å². The Morgan fingerprint density at radius 2 is 2.23 bits per heavy atom. The summed E-state index contributed by atoms with van der Waals surface area (Å²) < 4.78 is 10.2. The van der Waals surface area contributed by atoms with Crippen molar-refractivity contribution in [2.24, 2.45) is 0 Å². The van der Waals surface area contributed by atoms with E-state index in [2.05, 4.69) is 0 Å². The predicted octanol–water partition coefficient (Wildman–Crippen LogP) is 1.92. The van der Waals surface area contributed by atoms with Crippen molar-refractivity contribution in [2.45, 2.75) is 33.3 Å². The molecule has 0 spiro atoms. The number of rotatable bonds is 6. The van der Waals surface area contributed by atoms with Gasteiger partial charge in [-0.3, -0.25) is 0 Å². The lowest BCUT2D eigenvalue weighted by Crippen LogP contribution is -2.19. The number of ether oxygens (including phenoxy) is 2. The van der Waals surface area contributed by atoms with Crippen molar-refractivity contribution in [1.29, 1.82) is 0 Å². The van der Waals surface area contributed by atoms with Gasteiger partial charge in [0.2, 0.25) is 0 Å². The van der Waals surface area contributed by atoms with Crippen LogP contribution in [0.25, 0.3) is 0 Å². The molecule has 0 saturated heterocycles. The van der Waals surface area contributed by atoms with Gasteiger partial charge in [-0.1, -0.05) is 13.0 Å². The van der Waals surface area contributed by atoms with Crippen LogP contribution in [-0.4, -0.2) is 25.3 Å². The summed E-state index contributed by atoms with van der Waals surface area (Å²) in [5, 5.41) is 0. The maximum absolute atomic E-state index is 10.9. The van der Waals surface area contributed by atoms with Gasteiger partial charge in [0, 0.05) is 12.7 Å². The van der Waals surface area contributed by atoms with Crippen LogP contribution >= 0.6 is 0 Å². The van der Waals surface area contributed by atoms with Crippen LogP contribution in [0.3, 0.4) is 0 Å². The van der Waals surface area contributed by atoms with Gasteiger partial charge in [-0.25, -0.2) is 4.79 Å². The first-order chi connectivity index (χ1) is 6.20. The largest absolute Gasteiger partial charge is 0.457 e. The zero-order valence-corrected chi connectivity index (χ0v) is 8.58. The van der Waals surface area contributed by atoms with Crippen LogP contribution in [0.5, 0.6) is 0 Å². The molecule has 1 atom stereocenters. The summed E-state index contributed by atoms with van der Waals surface area (Å²) in [6.45, 7) is 6.82. The van der Waals surface area contributed by atoms with Crippen LogP contribution in [-0.2, 0) is 14.3 Å². The van der Waals surface area contributed by atoms with Gasteiger partial charge < -0.3 is 9.47 Å². The number of hydrogen-bond donors (Lipinski definition) is 0. The normalized spacial score (nSPS) is 13.2. The summed E-state index contributed by atoms with van der Waals surface area (Å²) in [6.07, 6.45) is 3.86. The molecule has 0 radical (unpaired) electrons. The van der Waals surface area contributed by atoms with E-state index < -0.39 is 0 Å². The van der Waals surface area contributed by atoms with Gasteiger partial charge in [0.15, 0.2) is 0 Å². The lowest BCUT2D eigenvalue weighted by molar-refractivity contribution is -0.144. The molecule has 3 nitrogen and oxygen atoms in total. The highest BCUT2D eigenvalue weighted by Gasteiger charge is 2.05. The minimum Gasteiger partial charge on any atom is -0.457 e. The maximum atomic E-state index is 10.9. The molecule has 0 rings (SSSR count). The Morgan fingerprint density at radius 3 is 2.77 bits per heavy atom. The van der Waals surface area contributed by atoms with E-state index in [0.29, 0.717) is 13.2 Å². The summed E-state index contributed by atoms with van der Waals surface area (Å²) >= 11 is 0. The van der Waals surface area contributed by atoms with E-state index in [4.69, 9.17) is 9.47 Å². The van der Waals surface area contributed by atoms with Gasteiger partial charge in [0.05, 0.1) is 6.61 Å². The Morgan fingerprint density at radius 1 is 1.54 bits per heavy atom. The minimum absolute atomic E-state index is 0.171. The van der Waals surface area contributed by atoms with E-state index in [1.165, 1.54) is 6.08 Å². The first-order valence-corrected chi connectivity index (χ1v) is 4.61. The van der Waals surface area contributed by atoms with E-state index in [9.17, 15) is 4.79 Å². The highest BCUT2D eigenvalue weighted by Crippen LogP contribution is 1.94. The highest BCUT2D eigenvalue weighted by atomic mass is 16.6. The molecule has 0 aliphatic carbocycles. The fraction of sp³-hybridized carbons (Fsp3) is 0.700. The minimum atomic E-state index is -0.310. The standard InChI is InChI=1S/C10H18O3/c1-4-6-10(11)13-9(3)8-12-7-5-2/h4,6,9H,5,7-8H2,1-3H3/b6-4+/t9-/m0/s1. The highest BCUT2D eigenvalue weighted by molar-refractivity contribution is 5.81. The van der Waals surface area contributed by atoms with Gasteiger partial charge in [0.1, 0.15) is 6.10 Å². The quantitative estimate of drug-likeness (QED) is 0.361. The van der Waals surface area contributed by atoms with Gasteiger partial charge in [-0.2, -0.15) is 0 Å². The van der Waals surface area contributed by atoms with E-state index >= 15 is 0 Å². The number of allylic oxidation sites excluding steroid dienone is 1. The molecule has 0 bridgehead atoms. The van der Waals surface area contributed by atoms with E-state index in [0.717, 1.165) is 6.42 Å². The summed E-state index contributed by atoms with van der Waals surface area (Å²) in [7, 11) is 0. The van der Waals surface area contributed by atoms with Crippen molar-refractivity contribution in [3.63, 3.8) is 0 Å². The van der Waals surface area contributed by atoms with Crippen LogP contribution in [0.4, 0.5) is 0 Å². The monoisotopic (exact) mass is 186 g/mol. The smallest absolute Gasteiger partial charge is 0.330 e. The molecular formula is C10H18O3. The fourth-order valence-corrected chi connectivity index (χ4v) is 0.801. The Bertz CT molecular complexity index is 164. The molecule has 0 saturated carbocycles. The van der Waals surface area contributed by atoms with Crippen molar-refractivity contribution in [2.75, 3.05) is 13.2 Å². The van der Waals surface area contributed by atoms with Crippen LogP contribution in [0.15, 0.2) is 12.2 Å². The predicted molar refractivity (Wildman–Crippen MR) is 51.5 cm³/mol. The SMILES string of the molecule is C/C=C/C(=O)O[C@@H](C)COCCC. The molecule has 0 heterocycles. The second-order valence-electron chi connectivity index (χ2n) is 2.82. The van der Waals surface area contributed by atoms with Gasteiger partial charge in [-0.05, 0) is 20.3 Å². The molecule has 0 aliphatic heterocycles. The molecule has 3 heteroatoms. The number of carbonyl (C=O) groups is 1. The molecule has 13 heavy (non-hydrogen) atoms. The van der Waals surface area contributed by atoms with Crippen molar-refractivity contribution in [3.05, 3.63) is 12.2 Å². The number of hydrogen-bond acceptors (Lipinski definition) is 3. The van der Waals surface area contributed by atoms with Crippen molar-refractivity contribution in [1.82, 2.24) is 0 Å². The molecular weight excluding hydrogens is 168 g/mol. The maximum Gasteiger partial charge on any atom is 0.330 e. The average Bonchev–Trinajstić information content (AvgIpc) is 2.05. The molecule has 76 valence electrons. The molecule has 0 aromatic carbocycles. The zero-order valence-electron chi connectivity index (χ0n) is 8.58. The Labute approximate surface area is 79.7 Å².